The lowest BCUT2D eigenvalue weighted by Crippen LogP contribution is -2.56. The molecule has 3 heterocycles. The van der Waals surface area contributed by atoms with Gasteiger partial charge in [0, 0.05) is 37.4 Å². The Morgan fingerprint density at radius 1 is 1.05 bits per heavy atom. The molecule has 4 rings (SSSR count). The number of Topliss-reactive ketones (excluding diaryl/α,β-unsaturated/α-hetero) is 1. The lowest BCUT2D eigenvalue weighted by atomic mass is 10.1. The van der Waals surface area contributed by atoms with Crippen molar-refractivity contribution < 1.29 is 33.4 Å². The summed E-state index contributed by atoms with van der Waals surface area (Å²) in [6, 6.07) is 8.55. The first-order valence-electron chi connectivity index (χ1n) is 12.9. The number of ether oxygens (including phenoxy) is 2. The molecule has 4 amide bonds. The largest absolute Gasteiger partial charge is 0.494 e. The van der Waals surface area contributed by atoms with E-state index in [9.17, 15) is 24.0 Å². The fourth-order valence-electron chi connectivity index (χ4n) is 4.54. The van der Waals surface area contributed by atoms with Crippen LogP contribution < -0.4 is 15.6 Å². The van der Waals surface area contributed by atoms with E-state index in [0.717, 1.165) is 0 Å². The highest BCUT2D eigenvalue weighted by Gasteiger charge is 2.34. The third-order valence-electron chi connectivity index (χ3n) is 6.42. The Morgan fingerprint density at radius 3 is 2.39 bits per heavy atom. The van der Waals surface area contributed by atoms with Crippen molar-refractivity contribution in [2.45, 2.75) is 39.3 Å². The number of aromatic nitrogens is 2. The smallest absolute Gasteiger partial charge is 0.426 e. The summed E-state index contributed by atoms with van der Waals surface area (Å²) in [5.41, 5.74) is 4.12. The first-order valence-corrected chi connectivity index (χ1v) is 12.9. The molecule has 1 aromatic carbocycles. The number of nitrogens with zero attached hydrogens (tertiary/aromatic N) is 3. The van der Waals surface area contributed by atoms with Gasteiger partial charge in [0.15, 0.2) is 5.69 Å². The van der Waals surface area contributed by atoms with Crippen LogP contribution in [-0.2, 0) is 9.53 Å². The third kappa shape index (κ3) is 6.29. The summed E-state index contributed by atoms with van der Waals surface area (Å²) in [7, 11) is 1.37. The maximum Gasteiger partial charge on any atom is 0.426 e. The van der Waals surface area contributed by atoms with E-state index in [4.69, 9.17) is 9.47 Å². The van der Waals surface area contributed by atoms with Crippen molar-refractivity contribution in [1.29, 1.82) is 0 Å². The van der Waals surface area contributed by atoms with E-state index < -0.39 is 29.3 Å². The van der Waals surface area contributed by atoms with E-state index >= 15 is 0 Å². The zero-order valence-corrected chi connectivity index (χ0v) is 23.4. The van der Waals surface area contributed by atoms with Gasteiger partial charge in [0.2, 0.25) is 0 Å². The van der Waals surface area contributed by atoms with Crippen LogP contribution in [-0.4, -0.2) is 87.8 Å². The Morgan fingerprint density at radius 2 is 1.76 bits per heavy atom. The summed E-state index contributed by atoms with van der Waals surface area (Å²) in [6.45, 7) is 7.46. The molecule has 1 saturated heterocycles. The monoisotopic (exact) mass is 564 g/mol. The number of rotatable bonds is 5. The molecule has 0 radical (unpaired) electrons. The second-order valence-electron chi connectivity index (χ2n) is 10.5. The summed E-state index contributed by atoms with van der Waals surface area (Å²) in [5, 5.41) is 0.189. The minimum atomic E-state index is -0.872. The minimum Gasteiger partial charge on any atom is -0.494 e. The van der Waals surface area contributed by atoms with Gasteiger partial charge in [-0.1, -0.05) is 18.2 Å². The summed E-state index contributed by atoms with van der Waals surface area (Å²) >= 11 is 0. The number of carbonyl (C=O) groups is 5. The molecule has 0 saturated carbocycles. The van der Waals surface area contributed by atoms with Gasteiger partial charge in [-0.3, -0.25) is 24.6 Å². The highest BCUT2D eigenvalue weighted by molar-refractivity contribution is 6.45. The average Bonchev–Trinajstić information content (AvgIpc) is 3.39. The summed E-state index contributed by atoms with van der Waals surface area (Å²) in [4.78, 5) is 74.4. The quantitative estimate of drug-likeness (QED) is 0.241. The highest BCUT2D eigenvalue weighted by atomic mass is 16.6. The van der Waals surface area contributed by atoms with Gasteiger partial charge in [-0.2, -0.15) is 0 Å². The van der Waals surface area contributed by atoms with Gasteiger partial charge in [-0.15, -0.1) is 0 Å². The summed E-state index contributed by atoms with van der Waals surface area (Å²) in [6.07, 6.45) is 1.69. The molecule has 3 N–H and O–H groups in total. The van der Waals surface area contributed by atoms with Crippen molar-refractivity contribution in [1.82, 2.24) is 30.6 Å². The van der Waals surface area contributed by atoms with Crippen LogP contribution in [0.1, 0.15) is 58.9 Å². The maximum absolute atomic E-state index is 13.4. The molecule has 0 spiro atoms. The van der Waals surface area contributed by atoms with Crippen LogP contribution in [0, 0.1) is 0 Å². The van der Waals surface area contributed by atoms with Gasteiger partial charge in [0.05, 0.1) is 29.8 Å². The number of pyridine rings is 1. The van der Waals surface area contributed by atoms with E-state index in [-0.39, 0.29) is 59.5 Å². The number of methoxy groups -OCH3 is 1. The predicted octanol–water partition coefficient (Wildman–Crippen LogP) is 2.30. The minimum absolute atomic E-state index is 0.00570. The van der Waals surface area contributed by atoms with Crippen molar-refractivity contribution in [3.8, 4) is 5.75 Å². The molecule has 0 aliphatic carbocycles. The summed E-state index contributed by atoms with van der Waals surface area (Å²) < 4.78 is 10.5. The first kappa shape index (κ1) is 29.1. The van der Waals surface area contributed by atoms with E-state index in [1.165, 1.54) is 24.4 Å². The number of H-pyrrole nitrogens is 1. The number of aromatic amines is 1. The van der Waals surface area contributed by atoms with Crippen LogP contribution in [0.3, 0.4) is 0 Å². The zero-order valence-electron chi connectivity index (χ0n) is 23.4. The molecule has 13 nitrogen and oxygen atoms in total. The molecule has 1 aliphatic heterocycles. The lowest BCUT2D eigenvalue weighted by molar-refractivity contribution is -0.128. The van der Waals surface area contributed by atoms with Gasteiger partial charge in [-0.05, 0) is 39.8 Å². The molecule has 13 heteroatoms. The highest BCUT2D eigenvalue weighted by Crippen LogP contribution is 2.31. The SMILES string of the molecule is COc1cnc(C(=O)NNC(=O)OC(C)(C)C)c2[nH]cc(C(=O)C(=O)N3CCN(C(=O)c4ccccc4)[C@H](C)C3)c12. The third-order valence-corrected chi connectivity index (χ3v) is 6.42. The number of amides is 4. The number of nitrogens with one attached hydrogen (secondary N) is 3. The Hall–Kier alpha value is -4.94. The molecular formula is C28H32N6O7. The van der Waals surface area contributed by atoms with Crippen LogP contribution in [0.4, 0.5) is 4.79 Å². The standard InChI is InChI=1S/C28H32N6O7/c1-16-15-33(11-12-34(16)25(37)17-9-7-6-8-10-17)26(38)23(35)18-13-29-21-20(18)19(40-5)14-30-22(21)24(36)31-32-27(39)41-28(2,3)4/h6-10,13-14,16,29H,11-12,15H2,1-5H3,(H,31,36)(H,32,39)/t16-/m1/s1. The Balaban J connectivity index is 1.51. The van der Waals surface area contributed by atoms with Crippen molar-refractivity contribution in [3.63, 3.8) is 0 Å². The number of hydrogen-bond acceptors (Lipinski definition) is 8. The normalized spacial score (nSPS) is 15.3. The fourth-order valence-corrected chi connectivity index (χ4v) is 4.54. The molecule has 216 valence electrons. The number of carbonyl (C=O) groups excluding carboxylic acids is 5. The van der Waals surface area contributed by atoms with Crippen molar-refractivity contribution >= 4 is 40.5 Å². The molecule has 0 bridgehead atoms. The first-order chi connectivity index (χ1) is 19.4. The number of fused-ring (bicyclic) bond motifs is 1. The second kappa shape index (κ2) is 11.7. The number of ketones is 1. The number of hydrazine groups is 1. The van der Waals surface area contributed by atoms with Crippen LogP contribution >= 0.6 is 0 Å². The van der Waals surface area contributed by atoms with Crippen LogP contribution in [0.15, 0.2) is 42.7 Å². The summed E-state index contributed by atoms with van der Waals surface area (Å²) in [5.74, 6) is -2.32. The van der Waals surface area contributed by atoms with E-state index in [2.05, 4.69) is 20.8 Å². The van der Waals surface area contributed by atoms with Gasteiger partial charge >= 0.3 is 6.09 Å². The molecule has 2 aromatic heterocycles. The van der Waals surface area contributed by atoms with Crippen molar-refractivity contribution in [2.75, 3.05) is 26.7 Å². The van der Waals surface area contributed by atoms with Crippen molar-refractivity contribution in [2.24, 2.45) is 0 Å². The maximum atomic E-state index is 13.4. The van der Waals surface area contributed by atoms with E-state index in [1.54, 1.807) is 49.9 Å². The van der Waals surface area contributed by atoms with E-state index in [1.807, 2.05) is 13.0 Å². The second-order valence-corrected chi connectivity index (χ2v) is 10.5. The zero-order chi connectivity index (χ0) is 29.9. The molecule has 1 atom stereocenters. The van der Waals surface area contributed by atoms with Gasteiger partial charge in [-0.25, -0.2) is 15.2 Å². The Kier molecular flexibility index (Phi) is 8.26. The lowest BCUT2D eigenvalue weighted by Gasteiger charge is -2.39. The number of piperazine rings is 1. The molecule has 0 unspecified atom stereocenters. The van der Waals surface area contributed by atoms with Crippen molar-refractivity contribution in [3.05, 3.63) is 59.5 Å². The fraction of sp³-hybridized carbons (Fsp3) is 0.357. The average molecular weight is 565 g/mol. The molecular weight excluding hydrogens is 532 g/mol. The molecule has 3 aromatic rings. The molecule has 1 fully saturated rings. The van der Waals surface area contributed by atoms with E-state index in [0.29, 0.717) is 5.56 Å². The van der Waals surface area contributed by atoms with Gasteiger partial charge in [0.1, 0.15) is 11.4 Å². The van der Waals surface area contributed by atoms with Gasteiger partial charge < -0.3 is 24.3 Å². The molecule has 1 aliphatic rings. The van der Waals surface area contributed by atoms with Gasteiger partial charge in [0.25, 0.3) is 23.5 Å². The van der Waals surface area contributed by atoms with Crippen LogP contribution in [0.5, 0.6) is 5.75 Å². The van der Waals surface area contributed by atoms with Crippen LogP contribution in [0.25, 0.3) is 10.9 Å². The van der Waals surface area contributed by atoms with Crippen LogP contribution in [0.2, 0.25) is 0 Å². The number of hydrogen-bond donors (Lipinski definition) is 3. The Bertz CT molecular complexity index is 1490. The predicted molar refractivity (Wildman–Crippen MR) is 147 cm³/mol. The Labute approximate surface area is 236 Å². The number of benzene rings is 1. The molecule has 41 heavy (non-hydrogen) atoms. The topological polar surface area (TPSA) is 163 Å².